The highest BCUT2D eigenvalue weighted by molar-refractivity contribution is 8.28. The molecule has 0 aromatic heterocycles. The van der Waals surface area contributed by atoms with Crippen LogP contribution in [0.2, 0.25) is 105 Å². The van der Waals surface area contributed by atoms with Crippen molar-refractivity contribution in [3.63, 3.8) is 0 Å². The number of hydrogen-bond acceptors (Lipinski definition) is 0. The van der Waals surface area contributed by atoms with Crippen molar-refractivity contribution in [2.24, 2.45) is 0 Å². The van der Waals surface area contributed by atoms with Crippen LogP contribution in [0, 0.1) is 0 Å². The SMILES string of the molecule is C[Si](C)(c1ccccc1)[Si](C)([Si](C)(C)c1ccccc1)[Si](C)([Si](C)([Si](C)(C)c1ccccc1)[Si](C)(C)c1ccccc1)[Si](C)([Si](C)(C)c1ccccc1)[Si](C)(C)c1ccccc1. The first-order valence-electron chi connectivity index (χ1n) is 23.2. The van der Waals surface area contributed by atoms with E-state index < -0.39 is 72.1 Å². The highest BCUT2D eigenvalue weighted by Crippen LogP contribution is 2.54. The summed E-state index contributed by atoms with van der Waals surface area (Å²) in [5, 5.41) is 10.4. The minimum atomic E-state index is -2.63. The number of hydrogen-bond donors (Lipinski definition) is 0. The maximum absolute atomic E-state index is 3.33. The Morgan fingerprint density at radius 3 is 0.387 bits per heavy atom. The first-order chi connectivity index (χ1) is 28.9. The second kappa shape index (κ2) is 17.4. The Bertz CT molecular complexity index is 1970. The van der Waals surface area contributed by atoms with Gasteiger partial charge in [-0.05, 0) is 0 Å². The third-order valence-corrected chi connectivity index (χ3v) is 268. The molecule has 0 saturated carbocycles. The van der Waals surface area contributed by atoms with E-state index >= 15 is 0 Å². The van der Waals surface area contributed by atoms with Crippen molar-refractivity contribution in [2.45, 2.75) is 105 Å². The molecule has 0 spiro atoms. The van der Waals surface area contributed by atoms with E-state index in [2.05, 4.69) is 287 Å². The Kier molecular flexibility index (Phi) is 13.7. The summed E-state index contributed by atoms with van der Waals surface area (Å²) in [7, 11) is -13.8. The molecule has 0 heterocycles. The van der Waals surface area contributed by atoms with Gasteiger partial charge in [0.25, 0.3) is 0 Å². The summed E-state index contributed by atoms with van der Waals surface area (Å²) in [5.74, 6) is 0. The third kappa shape index (κ3) is 6.95. The van der Waals surface area contributed by atoms with Gasteiger partial charge in [-0.1, -0.05) is 318 Å². The smallest absolute Gasteiger partial charge is 0.0691 e. The Labute approximate surface area is 386 Å². The zero-order chi connectivity index (χ0) is 45.7. The lowest BCUT2D eigenvalue weighted by atomic mass is 10.4. The van der Waals surface area contributed by atoms with Gasteiger partial charge in [-0.2, -0.15) is 0 Å². The fourth-order valence-electron chi connectivity index (χ4n) is 14.5. The van der Waals surface area contributed by atoms with E-state index in [1.165, 1.54) is 0 Å². The highest BCUT2D eigenvalue weighted by atomic mass is 30.4. The summed E-state index contributed by atoms with van der Waals surface area (Å²) in [6, 6.07) is 74.0. The molecule has 0 aliphatic heterocycles. The van der Waals surface area contributed by atoms with Crippen molar-refractivity contribution < 1.29 is 0 Å². The van der Waals surface area contributed by atoms with Gasteiger partial charge in [0.1, 0.15) is 0 Å². The van der Waals surface area contributed by atoms with Crippen molar-refractivity contribution in [3.05, 3.63) is 182 Å². The van der Waals surface area contributed by atoms with Gasteiger partial charge in [-0.25, -0.2) is 0 Å². The summed E-state index contributed by atoms with van der Waals surface area (Å²) in [6.45, 7) is 38.4. The highest BCUT2D eigenvalue weighted by Gasteiger charge is 2.85. The molecule has 6 rings (SSSR count). The summed E-state index contributed by atoms with van der Waals surface area (Å²) < 4.78 is 0. The largest absolute Gasteiger partial charge is 0.0757 e. The molecular weight excluding hydrogens is 905 g/mol. The molecule has 0 fully saturated rings. The molecule has 10 heteroatoms. The molecule has 6 aromatic carbocycles. The predicted octanol–water partition coefficient (Wildman–Crippen LogP) is 10.7. The van der Waals surface area contributed by atoms with E-state index in [1.807, 2.05) is 0 Å². The summed E-state index contributed by atoms with van der Waals surface area (Å²) >= 11 is 0. The van der Waals surface area contributed by atoms with Crippen molar-refractivity contribution in [1.29, 1.82) is 0 Å². The molecule has 0 saturated heterocycles. The number of rotatable bonds is 15. The van der Waals surface area contributed by atoms with Crippen LogP contribution in [0.5, 0.6) is 0 Å². The van der Waals surface area contributed by atoms with Gasteiger partial charge in [0, 0.05) is 26.5 Å². The van der Waals surface area contributed by atoms with Gasteiger partial charge in [-0.3, -0.25) is 0 Å². The average Bonchev–Trinajstić information content (AvgIpc) is 3.29. The van der Waals surface area contributed by atoms with Crippen LogP contribution in [-0.4, -0.2) is 72.1 Å². The molecule has 0 radical (unpaired) electrons. The fourth-order valence-corrected chi connectivity index (χ4v) is 473. The van der Waals surface area contributed by atoms with Crippen LogP contribution in [0.3, 0.4) is 0 Å². The van der Waals surface area contributed by atoms with Crippen LogP contribution in [-0.2, 0) is 0 Å². The zero-order valence-corrected chi connectivity index (χ0v) is 51.3. The van der Waals surface area contributed by atoms with E-state index in [4.69, 9.17) is 0 Å². The Morgan fingerprint density at radius 1 is 0.161 bits per heavy atom. The summed E-state index contributed by atoms with van der Waals surface area (Å²) in [5.41, 5.74) is 0. The predicted molar refractivity (Wildman–Crippen MR) is 308 cm³/mol. The molecule has 0 nitrogen and oxygen atoms in total. The third-order valence-electron chi connectivity index (χ3n) is 19.5. The summed E-state index contributed by atoms with van der Waals surface area (Å²) in [6.07, 6.45) is 0. The standard InChI is InChI=1S/C52H78Si10/c1-53(2,47-35-23-17-24-36-47)59(13,54(3,4)48-37-25-18-26-38-48)62(16,60(14,55(5,6)49-39-27-19-28-40-49)56(7,8)50-41-29-20-30-42-50)61(15,57(9,10)51-43-31-21-32-44-51)58(11,12)52-45-33-22-34-46-52/h17-46H,1-16H3. The topological polar surface area (TPSA) is 0 Å². The van der Waals surface area contributed by atoms with Gasteiger partial charge in [-0.15, -0.1) is 0 Å². The molecule has 326 valence electrons. The van der Waals surface area contributed by atoms with Crippen molar-refractivity contribution in [3.8, 4) is 0 Å². The van der Waals surface area contributed by atoms with E-state index in [0.29, 0.717) is 0 Å². The molecule has 62 heavy (non-hydrogen) atoms. The van der Waals surface area contributed by atoms with Crippen LogP contribution >= 0.6 is 0 Å². The Hall–Kier alpha value is -2.51. The second-order valence-electron chi connectivity index (χ2n) is 22.4. The van der Waals surface area contributed by atoms with E-state index in [-0.39, 0.29) is 0 Å². The van der Waals surface area contributed by atoms with Gasteiger partial charge in [0.05, 0.1) is 45.5 Å². The maximum Gasteiger partial charge on any atom is 0.0691 e. The lowest BCUT2D eigenvalue weighted by molar-refractivity contribution is 1.68. The van der Waals surface area contributed by atoms with Crippen molar-refractivity contribution in [2.75, 3.05) is 0 Å². The van der Waals surface area contributed by atoms with Gasteiger partial charge in [0.2, 0.25) is 0 Å². The van der Waals surface area contributed by atoms with E-state index in [9.17, 15) is 0 Å². The second-order valence-corrected chi connectivity index (χ2v) is 131. The molecule has 6 aromatic rings. The van der Waals surface area contributed by atoms with Crippen LogP contribution in [0.25, 0.3) is 0 Å². The molecule has 0 aliphatic carbocycles. The Morgan fingerprint density at radius 2 is 0.274 bits per heavy atom. The molecule has 0 bridgehead atoms. The molecule has 0 atom stereocenters. The van der Waals surface area contributed by atoms with Gasteiger partial charge in [0.15, 0.2) is 0 Å². The van der Waals surface area contributed by atoms with Crippen LogP contribution in [0.1, 0.15) is 0 Å². The molecule has 0 N–H and O–H groups in total. The minimum absolute atomic E-state index is 1.73. The number of benzene rings is 6. The lowest BCUT2D eigenvalue weighted by Crippen LogP contribution is -3.11. The average molecular weight is 984 g/mol. The van der Waals surface area contributed by atoms with Gasteiger partial charge < -0.3 is 0 Å². The first-order valence-corrected chi connectivity index (χ1v) is 60.2. The molecule has 0 unspecified atom stereocenters. The van der Waals surface area contributed by atoms with E-state index in [0.717, 1.165) is 0 Å². The van der Waals surface area contributed by atoms with Crippen LogP contribution in [0.4, 0.5) is 0 Å². The first kappa shape index (κ1) is 48.9. The van der Waals surface area contributed by atoms with Crippen molar-refractivity contribution >= 4 is 103 Å². The molecule has 0 aliphatic rings. The zero-order valence-electron chi connectivity index (χ0n) is 41.3. The Balaban J connectivity index is 2.04. The maximum atomic E-state index is 3.33. The fraction of sp³-hybridized carbons (Fsp3) is 0.308. The molecular formula is C52H78Si10. The van der Waals surface area contributed by atoms with Gasteiger partial charge >= 0.3 is 0 Å². The van der Waals surface area contributed by atoms with E-state index in [1.54, 1.807) is 31.1 Å². The van der Waals surface area contributed by atoms with Crippen LogP contribution < -0.4 is 31.1 Å². The monoisotopic (exact) mass is 982 g/mol. The van der Waals surface area contributed by atoms with Crippen LogP contribution in [0.15, 0.2) is 182 Å². The quantitative estimate of drug-likeness (QED) is 0.0900. The lowest BCUT2D eigenvalue weighted by Gasteiger charge is -2.78. The minimum Gasteiger partial charge on any atom is -0.0757 e. The summed E-state index contributed by atoms with van der Waals surface area (Å²) in [4.78, 5) is 0. The van der Waals surface area contributed by atoms with Crippen molar-refractivity contribution in [1.82, 2.24) is 0 Å². The normalized spacial score (nSPS) is 14.1. The molecule has 0 amide bonds.